The van der Waals surface area contributed by atoms with Gasteiger partial charge in [-0.05, 0) is 61.5 Å². The summed E-state index contributed by atoms with van der Waals surface area (Å²) < 4.78 is 27.9. The molecule has 4 aromatic rings. The zero-order valence-corrected chi connectivity index (χ0v) is 18.0. The molecule has 1 heterocycles. The summed E-state index contributed by atoms with van der Waals surface area (Å²) in [6.07, 6.45) is 0. The molecule has 1 aromatic heterocycles. The zero-order chi connectivity index (χ0) is 22.0. The van der Waals surface area contributed by atoms with Crippen LogP contribution in [0.25, 0.3) is 11.0 Å². The fourth-order valence-electron chi connectivity index (χ4n) is 3.06. The monoisotopic (exact) mass is 454 g/mol. The molecule has 1 amide bonds. The lowest BCUT2D eigenvalue weighted by atomic mass is 10.2. The van der Waals surface area contributed by atoms with Gasteiger partial charge in [0.2, 0.25) is 0 Å². The van der Waals surface area contributed by atoms with Gasteiger partial charge in [-0.15, -0.1) is 0 Å². The summed E-state index contributed by atoms with van der Waals surface area (Å²) >= 11 is 5.84. The van der Waals surface area contributed by atoms with Crippen LogP contribution in [-0.4, -0.2) is 24.3 Å². The molecule has 4 rings (SSSR count). The molecule has 158 valence electrons. The quantitative estimate of drug-likeness (QED) is 0.398. The number of H-pyrrole nitrogens is 1. The minimum atomic E-state index is -3.87. The number of hydrogen-bond donors (Lipinski definition) is 3. The molecule has 3 N–H and O–H groups in total. The van der Waals surface area contributed by atoms with Crippen LogP contribution in [0.2, 0.25) is 5.02 Å². The van der Waals surface area contributed by atoms with Crippen LogP contribution < -0.4 is 10.0 Å². The minimum Gasteiger partial charge on any atom is -0.342 e. The number of anilines is 1. The lowest BCUT2D eigenvalue weighted by Crippen LogP contribution is -2.27. The van der Waals surface area contributed by atoms with Crippen molar-refractivity contribution in [3.63, 3.8) is 0 Å². The summed E-state index contributed by atoms with van der Waals surface area (Å²) in [6.45, 7) is 1.80. The number of halogens is 1. The first-order chi connectivity index (χ1) is 14.8. The number of para-hydroxylation sites is 2. The lowest BCUT2D eigenvalue weighted by Gasteiger charge is -2.13. The van der Waals surface area contributed by atoms with E-state index in [2.05, 4.69) is 20.0 Å². The Balaban J connectivity index is 1.51. The normalized spacial score (nSPS) is 12.5. The Bertz CT molecular complexity index is 1320. The lowest BCUT2D eigenvalue weighted by molar-refractivity contribution is 0.0938. The van der Waals surface area contributed by atoms with E-state index in [1.165, 1.54) is 18.2 Å². The second kappa shape index (κ2) is 8.41. The van der Waals surface area contributed by atoms with Crippen LogP contribution in [-0.2, 0) is 10.0 Å². The molecule has 1 atom stereocenters. The molecular weight excluding hydrogens is 436 g/mol. The molecule has 0 saturated carbocycles. The number of carbonyl (C=O) groups excluding carboxylic acids is 1. The first-order valence-corrected chi connectivity index (χ1v) is 11.3. The van der Waals surface area contributed by atoms with Crippen molar-refractivity contribution in [3.05, 3.63) is 89.2 Å². The Labute approximate surface area is 184 Å². The predicted molar refractivity (Wildman–Crippen MR) is 121 cm³/mol. The first-order valence-electron chi connectivity index (χ1n) is 9.46. The topological polar surface area (TPSA) is 104 Å². The Hall–Kier alpha value is -3.36. The third kappa shape index (κ3) is 4.70. The summed E-state index contributed by atoms with van der Waals surface area (Å²) in [5.41, 5.74) is 2.28. The van der Waals surface area contributed by atoms with Crippen LogP contribution in [0.15, 0.2) is 77.7 Å². The van der Waals surface area contributed by atoms with Crippen LogP contribution in [0, 0.1) is 0 Å². The molecule has 0 spiro atoms. The predicted octanol–water partition coefficient (Wildman–Crippen LogP) is 4.51. The standard InChI is InChI=1S/C22H19ClN4O3S/c1-14(21-25-19-7-2-3-8-20(19)26-21)24-22(28)15-5-4-6-18(13-15)31(29,30)27-17-11-9-16(23)10-12-17/h2-14,27H,1H3,(H,24,28)(H,25,26). The fourth-order valence-corrected chi connectivity index (χ4v) is 4.29. The number of fused-ring (bicyclic) bond motifs is 1. The van der Waals surface area contributed by atoms with Crippen molar-refractivity contribution in [2.45, 2.75) is 17.9 Å². The smallest absolute Gasteiger partial charge is 0.261 e. The maximum absolute atomic E-state index is 12.7. The van der Waals surface area contributed by atoms with E-state index in [0.29, 0.717) is 16.5 Å². The van der Waals surface area contributed by atoms with Crippen molar-refractivity contribution < 1.29 is 13.2 Å². The van der Waals surface area contributed by atoms with Gasteiger partial charge in [-0.2, -0.15) is 0 Å². The van der Waals surface area contributed by atoms with E-state index in [9.17, 15) is 13.2 Å². The average molecular weight is 455 g/mol. The third-order valence-corrected chi connectivity index (χ3v) is 6.30. The molecule has 0 saturated heterocycles. The van der Waals surface area contributed by atoms with Gasteiger partial charge < -0.3 is 10.3 Å². The number of benzene rings is 3. The van der Waals surface area contributed by atoms with Crippen molar-refractivity contribution in [2.75, 3.05) is 4.72 Å². The number of amides is 1. The van der Waals surface area contributed by atoms with Gasteiger partial charge in [0.25, 0.3) is 15.9 Å². The number of rotatable bonds is 6. The summed E-state index contributed by atoms with van der Waals surface area (Å²) in [6, 6.07) is 19.3. The Morgan fingerprint density at radius 3 is 2.52 bits per heavy atom. The molecule has 0 radical (unpaired) electrons. The van der Waals surface area contributed by atoms with Gasteiger partial charge in [0.1, 0.15) is 5.82 Å². The van der Waals surface area contributed by atoms with Crippen molar-refractivity contribution in [1.29, 1.82) is 0 Å². The molecule has 31 heavy (non-hydrogen) atoms. The van der Waals surface area contributed by atoms with Gasteiger partial charge in [-0.25, -0.2) is 13.4 Å². The summed E-state index contributed by atoms with van der Waals surface area (Å²) in [7, 11) is -3.87. The third-order valence-electron chi connectivity index (χ3n) is 4.67. The molecule has 0 aliphatic heterocycles. The number of imidazole rings is 1. The zero-order valence-electron chi connectivity index (χ0n) is 16.5. The average Bonchev–Trinajstić information content (AvgIpc) is 3.20. The van der Waals surface area contributed by atoms with Crippen LogP contribution >= 0.6 is 11.6 Å². The van der Waals surface area contributed by atoms with Crippen LogP contribution in [0.3, 0.4) is 0 Å². The first kappa shape index (κ1) is 20.9. The summed E-state index contributed by atoms with van der Waals surface area (Å²) in [4.78, 5) is 20.4. The Morgan fingerprint density at radius 2 is 1.77 bits per heavy atom. The second-order valence-electron chi connectivity index (χ2n) is 6.97. The van der Waals surface area contributed by atoms with Gasteiger partial charge in [-0.1, -0.05) is 29.8 Å². The molecule has 0 bridgehead atoms. The highest BCUT2D eigenvalue weighted by atomic mass is 35.5. The highest BCUT2D eigenvalue weighted by molar-refractivity contribution is 7.92. The van der Waals surface area contributed by atoms with E-state index in [1.807, 2.05) is 24.3 Å². The number of aromatic amines is 1. The van der Waals surface area contributed by atoms with Crippen molar-refractivity contribution in [3.8, 4) is 0 Å². The van der Waals surface area contributed by atoms with E-state index in [4.69, 9.17) is 11.6 Å². The fraction of sp³-hybridized carbons (Fsp3) is 0.0909. The minimum absolute atomic E-state index is 0.0218. The Morgan fingerprint density at radius 1 is 1.03 bits per heavy atom. The van der Waals surface area contributed by atoms with Crippen LogP contribution in [0.5, 0.6) is 0 Å². The number of nitrogens with one attached hydrogen (secondary N) is 3. The molecule has 0 aliphatic rings. The molecule has 1 unspecified atom stereocenters. The number of aromatic nitrogens is 2. The van der Waals surface area contributed by atoms with Crippen LogP contribution in [0.4, 0.5) is 5.69 Å². The molecule has 7 nitrogen and oxygen atoms in total. The summed E-state index contributed by atoms with van der Waals surface area (Å²) in [5.74, 6) is 0.208. The van der Waals surface area contributed by atoms with Crippen LogP contribution in [0.1, 0.15) is 29.1 Å². The molecule has 3 aromatic carbocycles. The number of sulfonamides is 1. The Kier molecular flexibility index (Phi) is 5.67. The van der Waals surface area contributed by atoms with Gasteiger partial charge in [-0.3, -0.25) is 9.52 Å². The second-order valence-corrected chi connectivity index (χ2v) is 9.09. The van der Waals surface area contributed by atoms with Gasteiger partial charge in [0, 0.05) is 16.3 Å². The van der Waals surface area contributed by atoms with E-state index in [-0.39, 0.29) is 10.5 Å². The largest absolute Gasteiger partial charge is 0.342 e. The molecule has 0 fully saturated rings. The highest BCUT2D eigenvalue weighted by Crippen LogP contribution is 2.20. The van der Waals surface area contributed by atoms with Gasteiger partial charge >= 0.3 is 0 Å². The van der Waals surface area contributed by atoms with Gasteiger partial charge in [0.15, 0.2) is 0 Å². The molecule has 0 aliphatic carbocycles. The molecular formula is C22H19ClN4O3S. The number of nitrogens with zero attached hydrogens (tertiary/aromatic N) is 1. The van der Waals surface area contributed by atoms with Gasteiger partial charge in [0.05, 0.1) is 22.0 Å². The van der Waals surface area contributed by atoms with Crippen molar-refractivity contribution in [1.82, 2.24) is 15.3 Å². The van der Waals surface area contributed by atoms with E-state index < -0.39 is 22.0 Å². The highest BCUT2D eigenvalue weighted by Gasteiger charge is 2.19. The van der Waals surface area contributed by atoms with E-state index in [0.717, 1.165) is 11.0 Å². The van der Waals surface area contributed by atoms with E-state index >= 15 is 0 Å². The number of hydrogen-bond acceptors (Lipinski definition) is 4. The maximum atomic E-state index is 12.7. The van der Waals surface area contributed by atoms with Crippen molar-refractivity contribution >= 4 is 44.3 Å². The number of carbonyl (C=O) groups is 1. The van der Waals surface area contributed by atoms with Crippen molar-refractivity contribution in [2.24, 2.45) is 0 Å². The molecule has 9 heteroatoms. The van der Waals surface area contributed by atoms with E-state index in [1.54, 1.807) is 37.3 Å². The maximum Gasteiger partial charge on any atom is 0.261 e. The summed E-state index contributed by atoms with van der Waals surface area (Å²) in [5, 5.41) is 3.35. The SMILES string of the molecule is CC(NC(=O)c1cccc(S(=O)(=O)Nc2ccc(Cl)cc2)c1)c1nc2ccccc2[nH]1.